The summed E-state index contributed by atoms with van der Waals surface area (Å²) in [4.78, 5) is 11.6. The minimum atomic E-state index is -3.50. The van der Waals surface area contributed by atoms with Crippen molar-refractivity contribution in [2.75, 3.05) is 23.5 Å². The number of methoxy groups -OCH3 is 1. The van der Waals surface area contributed by atoms with Crippen LogP contribution in [0.5, 0.6) is 0 Å². The van der Waals surface area contributed by atoms with Crippen molar-refractivity contribution in [3.8, 4) is 0 Å². The zero-order valence-electron chi connectivity index (χ0n) is 11.6. The first-order chi connectivity index (χ1) is 9.30. The van der Waals surface area contributed by atoms with Crippen LogP contribution in [0.2, 0.25) is 0 Å². The number of alkyl halides is 1. The molecule has 7 heteroatoms. The van der Waals surface area contributed by atoms with Crippen molar-refractivity contribution in [1.29, 1.82) is 0 Å². The monoisotopic (exact) mass is 319 g/mol. The number of rotatable bonds is 6. The van der Waals surface area contributed by atoms with Gasteiger partial charge in [-0.25, -0.2) is 13.2 Å². The molecule has 0 amide bonds. The van der Waals surface area contributed by atoms with Crippen LogP contribution in [0, 0.1) is 12.8 Å². The highest BCUT2D eigenvalue weighted by Crippen LogP contribution is 2.21. The van der Waals surface area contributed by atoms with Crippen molar-refractivity contribution in [3.63, 3.8) is 0 Å². The molecule has 0 bridgehead atoms. The van der Waals surface area contributed by atoms with Gasteiger partial charge in [-0.2, -0.15) is 0 Å². The van der Waals surface area contributed by atoms with E-state index in [-0.39, 0.29) is 17.6 Å². The lowest BCUT2D eigenvalue weighted by molar-refractivity contribution is 0.0600. The van der Waals surface area contributed by atoms with Crippen LogP contribution in [-0.2, 0) is 14.8 Å². The Morgan fingerprint density at radius 2 is 2.10 bits per heavy atom. The Bertz CT molecular complexity index is 586. The number of halogens is 1. The highest BCUT2D eigenvalue weighted by molar-refractivity contribution is 7.92. The molecule has 0 saturated carbocycles. The molecule has 112 valence electrons. The van der Waals surface area contributed by atoms with Gasteiger partial charge in [0.2, 0.25) is 10.0 Å². The molecule has 0 aliphatic heterocycles. The van der Waals surface area contributed by atoms with E-state index in [0.717, 1.165) is 0 Å². The molecular formula is C13H18ClNO4S. The number of nitrogens with one attached hydrogen (secondary N) is 1. The SMILES string of the molecule is COC(=O)c1cccc(NS(=O)(=O)CC(C)CCl)c1C. The predicted molar refractivity (Wildman–Crippen MR) is 79.8 cm³/mol. The fourth-order valence-corrected chi connectivity index (χ4v) is 3.45. The topological polar surface area (TPSA) is 72.5 Å². The number of sulfonamides is 1. The Labute approximate surface area is 124 Å². The molecule has 1 rings (SSSR count). The van der Waals surface area contributed by atoms with Crippen LogP contribution in [-0.4, -0.2) is 33.1 Å². The molecule has 0 radical (unpaired) electrons. The largest absolute Gasteiger partial charge is 0.465 e. The van der Waals surface area contributed by atoms with E-state index in [0.29, 0.717) is 16.8 Å². The maximum atomic E-state index is 12.0. The Morgan fingerprint density at radius 1 is 1.45 bits per heavy atom. The van der Waals surface area contributed by atoms with Crippen LogP contribution >= 0.6 is 11.6 Å². The molecule has 0 aliphatic rings. The third-order valence-corrected chi connectivity index (χ3v) is 4.84. The maximum Gasteiger partial charge on any atom is 0.338 e. The van der Waals surface area contributed by atoms with E-state index < -0.39 is 16.0 Å². The van der Waals surface area contributed by atoms with Gasteiger partial charge in [0, 0.05) is 5.88 Å². The van der Waals surface area contributed by atoms with Crippen molar-refractivity contribution in [3.05, 3.63) is 29.3 Å². The minimum Gasteiger partial charge on any atom is -0.465 e. The number of carbonyl (C=O) groups is 1. The van der Waals surface area contributed by atoms with Gasteiger partial charge in [0.15, 0.2) is 0 Å². The minimum absolute atomic E-state index is 0.0710. The fourth-order valence-electron chi connectivity index (χ4n) is 1.71. The first-order valence-electron chi connectivity index (χ1n) is 6.05. The van der Waals surface area contributed by atoms with Gasteiger partial charge < -0.3 is 4.74 Å². The summed E-state index contributed by atoms with van der Waals surface area (Å²) in [5.74, 6) is -0.462. The van der Waals surface area contributed by atoms with Crippen molar-refractivity contribution in [2.24, 2.45) is 5.92 Å². The summed E-state index contributed by atoms with van der Waals surface area (Å²) in [7, 11) is -2.23. The van der Waals surface area contributed by atoms with Crippen LogP contribution in [0.15, 0.2) is 18.2 Å². The van der Waals surface area contributed by atoms with Crippen LogP contribution < -0.4 is 4.72 Å². The zero-order valence-corrected chi connectivity index (χ0v) is 13.2. The molecule has 0 spiro atoms. The number of ether oxygens (including phenoxy) is 1. The smallest absolute Gasteiger partial charge is 0.338 e. The second-order valence-corrected chi connectivity index (χ2v) is 6.69. The highest BCUT2D eigenvalue weighted by atomic mass is 35.5. The number of hydrogen-bond acceptors (Lipinski definition) is 4. The molecule has 20 heavy (non-hydrogen) atoms. The lowest BCUT2D eigenvalue weighted by Gasteiger charge is -2.14. The number of carbonyl (C=O) groups excluding carboxylic acids is 1. The molecular weight excluding hydrogens is 302 g/mol. The fraction of sp³-hybridized carbons (Fsp3) is 0.462. The first kappa shape index (κ1) is 16.8. The van der Waals surface area contributed by atoms with Gasteiger partial charge in [0.05, 0.1) is 24.1 Å². The molecule has 0 saturated heterocycles. The van der Waals surface area contributed by atoms with Crippen molar-refractivity contribution < 1.29 is 17.9 Å². The van der Waals surface area contributed by atoms with Crippen LogP contribution in [0.4, 0.5) is 5.69 Å². The molecule has 1 atom stereocenters. The molecule has 0 aliphatic carbocycles. The summed E-state index contributed by atoms with van der Waals surface area (Å²) in [5, 5.41) is 0. The van der Waals surface area contributed by atoms with E-state index in [1.807, 2.05) is 0 Å². The second-order valence-electron chi connectivity index (χ2n) is 4.61. The standard InChI is InChI=1S/C13H18ClNO4S/c1-9(7-14)8-20(17,18)15-12-6-4-5-11(10(12)2)13(16)19-3/h4-6,9,15H,7-8H2,1-3H3. The van der Waals surface area contributed by atoms with Gasteiger partial charge in [-0.15, -0.1) is 11.6 Å². The second kappa shape index (κ2) is 6.95. The Morgan fingerprint density at radius 3 is 2.65 bits per heavy atom. The third-order valence-electron chi connectivity index (χ3n) is 2.77. The van der Waals surface area contributed by atoms with E-state index in [9.17, 15) is 13.2 Å². The van der Waals surface area contributed by atoms with E-state index in [1.54, 1.807) is 32.0 Å². The molecule has 1 N–H and O–H groups in total. The van der Waals surface area contributed by atoms with Crippen molar-refractivity contribution in [1.82, 2.24) is 0 Å². The predicted octanol–water partition coefficient (Wildman–Crippen LogP) is 2.40. The first-order valence-corrected chi connectivity index (χ1v) is 8.23. The van der Waals surface area contributed by atoms with E-state index in [2.05, 4.69) is 9.46 Å². The Hall–Kier alpha value is -1.27. The average molecular weight is 320 g/mol. The van der Waals surface area contributed by atoms with E-state index in [4.69, 9.17) is 11.6 Å². The summed E-state index contributed by atoms with van der Waals surface area (Å²) in [6, 6.07) is 4.78. The third kappa shape index (κ3) is 4.38. The Balaban J connectivity index is 3.02. The summed E-state index contributed by atoms with van der Waals surface area (Å²) in [6.45, 7) is 3.42. The lowest BCUT2D eigenvalue weighted by Crippen LogP contribution is -2.23. The molecule has 1 aromatic rings. The maximum absolute atomic E-state index is 12.0. The molecule has 0 fully saturated rings. The number of hydrogen-bond donors (Lipinski definition) is 1. The van der Waals surface area contributed by atoms with Gasteiger partial charge >= 0.3 is 5.97 Å². The summed E-state index contributed by atoms with van der Waals surface area (Å²) < 4.78 is 31.1. The summed E-state index contributed by atoms with van der Waals surface area (Å²) in [6.07, 6.45) is 0. The van der Waals surface area contributed by atoms with Gasteiger partial charge in [-0.1, -0.05) is 13.0 Å². The summed E-state index contributed by atoms with van der Waals surface area (Å²) >= 11 is 5.62. The lowest BCUT2D eigenvalue weighted by atomic mass is 10.1. The Kier molecular flexibility index (Phi) is 5.83. The molecule has 1 unspecified atom stereocenters. The normalized spacial score (nSPS) is 12.8. The molecule has 0 aromatic heterocycles. The summed E-state index contributed by atoms with van der Waals surface area (Å²) in [5.41, 5.74) is 1.23. The van der Waals surface area contributed by atoms with Gasteiger partial charge in [-0.3, -0.25) is 4.72 Å². The van der Waals surface area contributed by atoms with Gasteiger partial charge in [0.1, 0.15) is 0 Å². The van der Waals surface area contributed by atoms with Crippen LogP contribution in [0.1, 0.15) is 22.8 Å². The number of benzene rings is 1. The van der Waals surface area contributed by atoms with Gasteiger partial charge in [0.25, 0.3) is 0 Å². The van der Waals surface area contributed by atoms with Gasteiger partial charge in [-0.05, 0) is 30.5 Å². The van der Waals surface area contributed by atoms with Crippen LogP contribution in [0.25, 0.3) is 0 Å². The number of esters is 1. The molecule has 0 heterocycles. The van der Waals surface area contributed by atoms with E-state index in [1.165, 1.54) is 7.11 Å². The quantitative estimate of drug-likeness (QED) is 0.645. The molecule has 1 aromatic carbocycles. The van der Waals surface area contributed by atoms with E-state index >= 15 is 0 Å². The van der Waals surface area contributed by atoms with Crippen molar-refractivity contribution >= 4 is 33.3 Å². The molecule has 5 nitrogen and oxygen atoms in total. The zero-order chi connectivity index (χ0) is 15.3. The average Bonchev–Trinajstić information content (AvgIpc) is 2.39. The number of anilines is 1. The highest BCUT2D eigenvalue weighted by Gasteiger charge is 2.18. The van der Waals surface area contributed by atoms with Crippen LogP contribution in [0.3, 0.4) is 0 Å². The van der Waals surface area contributed by atoms with Crippen molar-refractivity contribution in [2.45, 2.75) is 13.8 Å².